The van der Waals surface area contributed by atoms with E-state index in [1.807, 2.05) is 35.3 Å². The Balaban J connectivity index is 1.45. The normalized spacial score (nSPS) is 15.4. The molecule has 1 saturated heterocycles. The van der Waals surface area contributed by atoms with Crippen molar-refractivity contribution in [1.29, 1.82) is 0 Å². The molecule has 4 aromatic rings. The quantitative estimate of drug-likeness (QED) is 0.420. The molecule has 0 spiro atoms. The smallest absolute Gasteiger partial charge is 0.177 e. The van der Waals surface area contributed by atoms with E-state index in [2.05, 4.69) is 25.6 Å². The largest absolute Gasteiger partial charge is 0.471 e. The Kier molecular flexibility index (Phi) is 4.63. The molecule has 3 aromatic heterocycles. The molecule has 10 heteroatoms. The number of pyridine rings is 1. The fourth-order valence-electron chi connectivity index (χ4n) is 3.31. The number of hydrogen-bond donors (Lipinski definition) is 3. The third-order valence-corrected chi connectivity index (χ3v) is 5.58. The number of halogens is 2. The topological polar surface area (TPSA) is 107 Å². The van der Waals surface area contributed by atoms with Crippen LogP contribution in [0, 0.1) is 0 Å². The first-order valence-electron chi connectivity index (χ1n) is 9.04. The zero-order valence-electron chi connectivity index (χ0n) is 15.1. The van der Waals surface area contributed by atoms with Crippen LogP contribution in [-0.2, 0) is 0 Å². The molecule has 0 saturated carbocycles. The number of nitrogens with zero attached hydrogens (tertiary/aromatic N) is 4. The highest BCUT2D eigenvalue weighted by molar-refractivity contribution is 6.35. The van der Waals surface area contributed by atoms with Crippen LogP contribution in [0.3, 0.4) is 0 Å². The summed E-state index contributed by atoms with van der Waals surface area (Å²) in [4.78, 5) is 3.94. The lowest BCUT2D eigenvalue weighted by molar-refractivity contribution is 0.214. The maximum atomic E-state index is 6.19. The van der Waals surface area contributed by atoms with E-state index in [0.717, 1.165) is 35.2 Å². The van der Waals surface area contributed by atoms with Gasteiger partial charge in [-0.15, -0.1) is 0 Å². The minimum atomic E-state index is -0.834. The highest BCUT2D eigenvalue weighted by atomic mass is 35.5. The van der Waals surface area contributed by atoms with E-state index in [1.165, 1.54) is 12.4 Å². The van der Waals surface area contributed by atoms with Gasteiger partial charge in [0.25, 0.3) is 0 Å². The van der Waals surface area contributed by atoms with Crippen LogP contribution >= 0.6 is 23.2 Å². The maximum absolute atomic E-state index is 6.19. The number of aromatic amines is 1. The Bertz CT molecular complexity index is 1160. The predicted octanol–water partition coefficient (Wildman–Crippen LogP) is 3.31. The van der Waals surface area contributed by atoms with E-state index in [0.29, 0.717) is 27.4 Å². The molecule has 1 atom stereocenters. The zero-order chi connectivity index (χ0) is 20.0. The van der Waals surface area contributed by atoms with Crippen molar-refractivity contribution in [3.8, 4) is 17.0 Å². The maximum Gasteiger partial charge on any atom is 0.177 e. The molecule has 1 aliphatic heterocycles. The van der Waals surface area contributed by atoms with Gasteiger partial charge in [-0.3, -0.25) is 20.5 Å². The second kappa shape index (κ2) is 7.31. The first-order chi connectivity index (χ1) is 14.1. The average molecular weight is 430 g/mol. The highest BCUT2D eigenvalue weighted by Gasteiger charge is 2.21. The SMILES string of the molecule is N[C@@H](Oc1ccc2[nH]nc(-c3cnn(C4CNC4)c3)c2c1)c1c(Cl)cncc1Cl. The van der Waals surface area contributed by atoms with Crippen molar-refractivity contribution >= 4 is 34.1 Å². The fourth-order valence-corrected chi connectivity index (χ4v) is 3.89. The Morgan fingerprint density at radius 2 is 1.97 bits per heavy atom. The molecule has 4 heterocycles. The van der Waals surface area contributed by atoms with Crippen LogP contribution in [0.4, 0.5) is 0 Å². The van der Waals surface area contributed by atoms with Crippen LogP contribution in [0.2, 0.25) is 10.0 Å². The van der Waals surface area contributed by atoms with E-state index < -0.39 is 6.23 Å². The molecule has 1 aromatic carbocycles. The summed E-state index contributed by atoms with van der Waals surface area (Å²) in [5.74, 6) is 0.576. The van der Waals surface area contributed by atoms with Gasteiger partial charge in [0.1, 0.15) is 11.4 Å². The molecule has 0 radical (unpaired) electrons. The second-order valence-corrected chi connectivity index (χ2v) is 7.67. The predicted molar refractivity (Wildman–Crippen MR) is 111 cm³/mol. The van der Waals surface area contributed by atoms with Crippen molar-refractivity contribution in [3.05, 3.63) is 58.6 Å². The molecule has 0 aliphatic carbocycles. The summed E-state index contributed by atoms with van der Waals surface area (Å²) in [5, 5.41) is 16.8. The third-order valence-electron chi connectivity index (χ3n) is 4.98. The van der Waals surface area contributed by atoms with Crippen LogP contribution in [0.25, 0.3) is 22.2 Å². The minimum Gasteiger partial charge on any atom is -0.471 e. The Hall–Kier alpha value is -2.65. The number of fused-ring (bicyclic) bond motifs is 1. The average Bonchev–Trinajstić information content (AvgIpc) is 3.26. The summed E-state index contributed by atoms with van der Waals surface area (Å²) in [6.07, 6.45) is 5.97. The number of nitrogens with one attached hydrogen (secondary N) is 2. The number of nitrogens with two attached hydrogens (primary N) is 1. The summed E-state index contributed by atoms with van der Waals surface area (Å²) in [7, 11) is 0. The monoisotopic (exact) mass is 429 g/mol. The highest BCUT2D eigenvalue weighted by Crippen LogP contribution is 2.33. The molecule has 29 heavy (non-hydrogen) atoms. The lowest BCUT2D eigenvalue weighted by atomic mass is 10.1. The lowest BCUT2D eigenvalue weighted by Crippen LogP contribution is -2.43. The molecule has 0 bridgehead atoms. The van der Waals surface area contributed by atoms with Gasteiger partial charge >= 0.3 is 0 Å². The molecule has 148 valence electrons. The van der Waals surface area contributed by atoms with E-state index in [1.54, 1.807) is 0 Å². The zero-order valence-corrected chi connectivity index (χ0v) is 16.7. The van der Waals surface area contributed by atoms with Crippen LogP contribution in [0.5, 0.6) is 5.75 Å². The molecular weight excluding hydrogens is 413 g/mol. The molecule has 0 amide bonds. The van der Waals surface area contributed by atoms with E-state index >= 15 is 0 Å². The number of ether oxygens (including phenoxy) is 1. The fraction of sp³-hybridized carbons (Fsp3) is 0.211. The van der Waals surface area contributed by atoms with Crippen LogP contribution in [0.1, 0.15) is 17.8 Å². The molecule has 4 N–H and O–H groups in total. The third kappa shape index (κ3) is 3.34. The summed E-state index contributed by atoms with van der Waals surface area (Å²) in [6.45, 7) is 1.86. The molecule has 1 fully saturated rings. The molecular formula is C19H17Cl2N7O. The van der Waals surface area contributed by atoms with Crippen molar-refractivity contribution < 1.29 is 4.74 Å². The lowest BCUT2D eigenvalue weighted by Gasteiger charge is -2.27. The standard InChI is InChI=1S/C19H17Cl2N7O/c20-14-7-24-8-15(21)17(14)19(22)29-12-1-2-16-13(3-12)18(27-26-16)10-4-25-28(9-10)11-5-23-6-11/h1-4,7-9,11,19,23H,5-6,22H2,(H,26,27)/t19-/m0/s1. The molecule has 0 unspecified atom stereocenters. The Morgan fingerprint density at radius 3 is 2.69 bits per heavy atom. The van der Waals surface area contributed by atoms with Crippen molar-refractivity contribution in [1.82, 2.24) is 30.3 Å². The van der Waals surface area contributed by atoms with Gasteiger partial charge in [0.15, 0.2) is 6.23 Å². The van der Waals surface area contributed by atoms with Gasteiger partial charge in [0.05, 0.1) is 27.8 Å². The second-order valence-electron chi connectivity index (χ2n) is 6.86. The minimum absolute atomic E-state index is 0.355. The van der Waals surface area contributed by atoms with Crippen LogP contribution in [-0.4, -0.2) is 38.1 Å². The van der Waals surface area contributed by atoms with Crippen molar-refractivity contribution in [2.24, 2.45) is 5.73 Å². The van der Waals surface area contributed by atoms with Gasteiger partial charge in [-0.05, 0) is 18.2 Å². The van der Waals surface area contributed by atoms with Crippen molar-refractivity contribution in [2.45, 2.75) is 12.3 Å². The summed E-state index contributed by atoms with van der Waals surface area (Å²) in [5.41, 5.74) is 9.31. The van der Waals surface area contributed by atoms with Gasteiger partial charge in [-0.2, -0.15) is 10.2 Å². The number of hydrogen-bond acceptors (Lipinski definition) is 6. The Morgan fingerprint density at radius 1 is 1.17 bits per heavy atom. The van der Waals surface area contributed by atoms with Crippen molar-refractivity contribution in [3.63, 3.8) is 0 Å². The van der Waals surface area contributed by atoms with Gasteiger partial charge in [0, 0.05) is 48.2 Å². The van der Waals surface area contributed by atoms with Gasteiger partial charge in [-0.25, -0.2) is 0 Å². The van der Waals surface area contributed by atoms with Crippen LogP contribution in [0.15, 0.2) is 43.0 Å². The molecule has 8 nitrogen and oxygen atoms in total. The van der Waals surface area contributed by atoms with Gasteiger partial charge < -0.3 is 10.1 Å². The Labute approximate surface area is 176 Å². The summed E-state index contributed by atoms with van der Waals surface area (Å²) in [6, 6.07) is 5.99. The van der Waals surface area contributed by atoms with Crippen molar-refractivity contribution in [2.75, 3.05) is 13.1 Å². The van der Waals surface area contributed by atoms with E-state index in [4.69, 9.17) is 33.7 Å². The number of benzene rings is 1. The first-order valence-corrected chi connectivity index (χ1v) is 9.80. The number of H-pyrrole nitrogens is 1. The van der Waals surface area contributed by atoms with Gasteiger partial charge in [0.2, 0.25) is 0 Å². The van der Waals surface area contributed by atoms with E-state index in [-0.39, 0.29) is 0 Å². The van der Waals surface area contributed by atoms with Gasteiger partial charge in [-0.1, -0.05) is 23.2 Å². The number of rotatable bonds is 5. The molecule has 1 aliphatic rings. The van der Waals surface area contributed by atoms with E-state index in [9.17, 15) is 0 Å². The summed E-state index contributed by atoms with van der Waals surface area (Å²) >= 11 is 12.4. The summed E-state index contributed by atoms with van der Waals surface area (Å²) < 4.78 is 7.88. The first kappa shape index (κ1) is 18.4. The number of aromatic nitrogens is 5. The molecule has 5 rings (SSSR count). The van der Waals surface area contributed by atoms with Crippen LogP contribution < -0.4 is 15.8 Å².